The lowest BCUT2D eigenvalue weighted by molar-refractivity contribution is 0.101. The van der Waals surface area contributed by atoms with Gasteiger partial charge in [0.1, 0.15) is 5.75 Å². The SMILES string of the molecule is Cc1cccc(OC2CC(C)CC(C)C2)c1. The van der Waals surface area contributed by atoms with E-state index in [0.29, 0.717) is 6.10 Å². The molecule has 1 heteroatoms. The average molecular weight is 218 g/mol. The zero-order valence-electron chi connectivity index (χ0n) is 10.6. The molecule has 1 saturated carbocycles. The van der Waals surface area contributed by atoms with Crippen LogP contribution in [0.25, 0.3) is 0 Å². The Kier molecular flexibility index (Phi) is 3.52. The van der Waals surface area contributed by atoms with E-state index in [-0.39, 0.29) is 0 Å². The van der Waals surface area contributed by atoms with E-state index in [0.717, 1.165) is 17.6 Å². The van der Waals surface area contributed by atoms with Crippen LogP contribution in [0, 0.1) is 18.8 Å². The highest BCUT2D eigenvalue weighted by molar-refractivity contribution is 5.27. The topological polar surface area (TPSA) is 9.23 Å². The number of rotatable bonds is 2. The quantitative estimate of drug-likeness (QED) is 0.723. The first-order valence-electron chi connectivity index (χ1n) is 6.37. The fraction of sp³-hybridized carbons (Fsp3) is 0.600. The van der Waals surface area contributed by atoms with Crippen molar-refractivity contribution >= 4 is 0 Å². The second kappa shape index (κ2) is 4.90. The monoisotopic (exact) mass is 218 g/mol. The highest BCUT2D eigenvalue weighted by atomic mass is 16.5. The minimum Gasteiger partial charge on any atom is -0.490 e. The zero-order chi connectivity index (χ0) is 11.5. The van der Waals surface area contributed by atoms with Crippen LogP contribution >= 0.6 is 0 Å². The normalized spacial score (nSPS) is 30.1. The lowest BCUT2D eigenvalue weighted by atomic mass is 9.82. The van der Waals surface area contributed by atoms with Crippen LogP contribution in [-0.2, 0) is 0 Å². The van der Waals surface area contributed by atoms with Gasteiger partial charge in [-0.2, -0.15) is 0 Å². The summed E-state index contributed by atoms with van der Waals surface area (Å²) in [6.45, 7) is 6.78. The summed E-state index contributed by atoms with van der Waals surface area (Å²) in [7, 11) is 0. The third-order valence-corrected chi connectivity index (χ3v) is 3.43. The molecule has 0 spiro atoms. The number of ether oxygens (including phenoxy) is 1. The summed E-state index contributed by atoms with van der Waals surface area (Å²) in [6.07, 6.45) is 4.19. The van der Waals surface area contributed by atoms with Crippen LogP contribution in [0.5, 0.6) is 5.75 Å². The molecule has 0 bridgehead atoms. The van der Waals surface area contributed by atoms with E-state index in [4.69, 9.17) is 4.74 Å². The average Bonchev–Trinajstić information content (AvgIpc) is 2.15. The Morgan fingerprint density at radius 2 is 1.75 bits per heavy atom. The van der Waals surface area contributed by atoms with Crippen molar-refractivity contribution in [3.8, 4) is 5.75 Å². The van der Waals surface area contributed by atoms with Crippen molar-refractivity contribution in [1.82, 2.24) is 0 Å². The third-order valence-electron chi connectivity index (χ3n) is 3.43. The van der Waals surface area contributed by atoms with Gasteiger partial charge in [0.15, 0.2) is 0 Å². The summed E-state index contributed by atoms with van der Waals surface area (Å²) >= 11 is 0. The van der Waals surface area contributed by atoms with E-state index in [1.165, 1.54) is 24.8 Å². The number of aryl methyl sites for hydroxylation is 1. The van der Waals surface area contributed by atoms with Crippen LogP contribution in [-0.4, -0.2) is 6.10 Å². The van der Waals surface area contributed by atoms with Crippen LogP contribution in [0.3, 0.4) is 0 Å². The van der Waals surface area contributed by atoms with E-state index >= 15 is 0 Å². The second-order valence-corrected chi connectivity index (χ2v) is 5.47. The second-order valence-electron chi connectivity index (χ2n) is 5.47. The summed E-state index contributed by atoms with van der Waals surface area (Å²) in [5.74, 6) is 2.64. The van der Waals surface area contributed by atoms with Crippen molar-refractivity contribution in [2.75, 3.05) is 0 Å². The Bertz CT molecular complexity index is 335. The van der Waals surface area contributed by atoms with Gasteiger partial charge in [-0.15, -0.1) is 0 Å². The van der Waals surface area contributed by atoms with Crippen molar-refractivity contribution in [2.24, 2.45) is 11.8 Å². The van der Waals surface area contributed by atoms with Gasteiger partial charge < -0.3 is 4.74 Å². The van der Waals surface area contributed by atoms with E-state index in [9.17, 15) is 0 Å². The van der Waals surface area contributed by atoms with Crippen LogP contribution in [0.15, 0.2) is 24.3 Å². The summed E-state index contributed by atoms with van der Waals surface area (Å²) in [5, 5.41) is 0. The standard InChI is InChI=1S/C15H22O/c1-11-5-4-6-14(8-11)16-15-9-12(2)7-13(3)10-15/h4-6,8,12-13,15H,7,9-10H2,1-3H3. The van der Waals surface area contributed by atoms with Gasteiger partial charge in [-0.3, -0.25) is 0 Å². The van der Waals surface area contributed by atoms with E-state index in [1.54, 1.807) is 0 Å². The smallest absolute Gasteiger partial charge is 0.119 e. The number of benzene rings is 1. The first-order valence-corrected chi connectivity index (χ1v) is 6.37. The fourth-order valence-electron chi connectivity index (χ4n) is 2.85. The maximum absolute atomic E-state index is 6.08. The molecule has 16 heavy (non-hydrogen) atoms. The summed E-state index contributed by atoms with van der Waals surface area (Å²) in [5.41, 5.74) is 1.27. The van der Waals surface area contributed by atoms with Crippen LogP contribution in [0.1, 0.15) is 38.7 Å². The minimum absolute atomic E-state index is 0.417. The van der Waals surface area contributed by atoms with Crippen LogP contribution in [0.2, 0.25) is 0 Å². The van der Waals surface area contributed by atoms with E-state index < -0.39 is 0 Å². The molecule has 0 aromatic heterocycles. The molecule has 1 aliphatic carbocycles. The lowest BCUT2D eigenvalue weighted by Crippen LogP contribution is -2.28. The fourth-order valence-corrected chi connectivity index (χ4v) is 2.85. The molecule has 88 valence electrons. The van der Waals surface area contributed by atoms with Gasteiger partial charge in [0.2, 0.25) is 0 Å². The summed E-state index contributed by atoms with van der Waals surface area (Å²) < 4.78 is 6.08. The van der Waals surface area contributed by atoms with Gasteiger partial charge in [0.25, 0.3) is 0 Å². The largest absolute Gasteiger partial charge is 0.490 e. The molecule has 1 fully saturated rings. The molecule has 1 aromatic rings. The Morgan fingerprint density at radius 3 is 2.38 bits per heavy atom. The van der Waals surface area contributed by atoms with E-state index in [1.807, 2.05) is 0 Å². The van der Waals surface area contributed by atoms with Crippen molar-refractivity contribution in [2.45, 2.75) is 46.1 Å². The molecule has 0 saturated heterocycles. The molecule has 2 atom stereocenters. The summed E-state index contributed by atoms with van der Waals surface area (Å²) in [4.78, 5) is 0. The van der Waals surface area contributed by atoms with Gasteiger partial charge in [-0.05, 0) is 55.7 Å². The van der Waals surface area contributed by atoms with E-state index in [2.05, 4.69) is 45.0 Å². The molecular weight excluding hydrogens is 196 g/mol. The molecular formula is C15H22O. The molecule has 0 aliphatic heterocycles. The molecule has 1 nitrogen and oxygen atoms in total. The molecule has 0 amide bonds. The molecule has 0 N–H and O–H groups in total. The van der Waals surface area contributed by atoms with Crippen LogP contribution < -0.4 is 4.74 Å². The van der Waals surface area contributed by atoms with Crippen LogP contribution in [0.4, 0.5) is 0 Å². The summed E-state index contributed by atoms with van der Waals surface area (Å²) in [6, 6.07) is 8.38. The number of hydrogen-bond acceptors (Lipinski definition) is 1. The molecule has 2 rings (SSSR count). The van der Waals surface area contributed by atoms with Crippen molar-refractivity contribution < 1.29 is 4.74 Å². The van der Waals surface area contributed by atoms with Gasteiger partial charge in [-0.25, -0.2) is 0 Å². The molecule has 0 heterocycles. The lowest BCUT2D eigenvalue weighted by Gasteiger charge is -2.31. The predicted octanol–water partition coefficient (Wildman–Crippen LogP) is 4.20. The molecule has 1 aromatic carbocycles. The predicted molar refractivity (Wildman–Crippen MR) is 67.8 cm³/mol. The first-order chi connectivity index (χ1) is 7.63. The van der Waals surface area contributed by atoms with Gasteiger partial charge in [0, 0.05) is 0 Å². The van der Waals surface area contributed by atoms with Crippen molar-refractivity contribution in [3.05, 3.63) is 29.8 Å². The Hall–Kier alpha value is -0.980. The van der Waals surface area contributed by atoms with Gasteiger partial charge >= 0.3 is 0 Å². The third kappa shape index (κ3) is 3.01. The molecule has 2 unspecified atom stereocenters. The Morgan fingerprint density at radius 1 is 1.06 bits per heavy atom. The Labute approximate surface area is 98.8 Å². The molecule has 1 aliphatic rings. The zero-order valence-corrected chi connectivity index (χ0v) is 10.6. The maximum atomic E-state index is 6.08. The van der Waals surface area contributed by atoms with Crippen molar-refractivity contribution in [3.63, 3.8) is 0 Å². The minimum atomic E-state index is 0.417. The van der Waals surface area contributed by atoms with Gasteiger partial charge in [-0.1, -0.05) is 26.0 Å². The first kappa shape index (κ1) is 11.5. The maximum Gasteiger partial charge on any atom is 0.119 e. The Balaban J connectivity index is 1.98. The number of hydrogen-bond donors (Lipinski definition) is 0. The highest BCUT2D eigenvalue weighted by Gasteiger charge is 2.25. The van der Waals surface area contributed by atoms with Crippen molar-refractivity contribution in [1.29, 1.82) is 0 Å². The van der Waals surface area contributed by atoms with Gasteiger partial charge in [0.05, 0.1) is 6.10 Å². The highest BCUT2D eigenvalue weighted by Crippen LogP contribution is 2.31. The molecule has 0 radical (unpaired) electrons.